The van der Waals surface area contributed by atoms with Crippen molar-refractivity contribution >= 4 is 31.6 Å². The van der Waals surface area contributed by atoms with Gasteiger partial charge >= 0.3 is 0 Å². The molecule has 1 aliphatic carbocycles. The lowest BCUT2D eigenvalue weighted by molar-refractivity contribution is 0.595. The third-order valence-corrected chi connectivity index (χ3v) is 4.26. The van der Waals surface area contributed by atoms with Crippen LogP contribution in [0.1, 0.15) is 12.8 Å². The number of sulfonamides is 1. The predicted octanol–water partition coefficient (Wildman–Crippen LogP) is 1.94. The highest BCUT2D eigenvalue weighted by Crippen LogP contribution is 2.19. The van der Waals surface area contributed by atoms with Crippen LogP contribution in [-0.4, -0.2) is 26.8 Å². The van der Waals surface area contributed by atoms with E-state index in [0.717, 1.165) is 4.47 Å². The molecule has 1 saturated carbocycles. The van der Waals surface area contributed by atoms with Crippen molar-refractivity contribution in [3.05, 3.63) is 28.7 Å². The van der Waals surface area contributed by atoms with E-state index in [-0.39, 0.29) is 5.75 Å². The monoisotopic (exact) mass is 318 g/mol. The van der Waals surface area contributed by atoms with Crippen molar-refractivity contribution < 1.29 is 8.42 Å². The molecule has 0 radical (unpaired) electrons. The molecule has 0 aliphatic heterocycles. The minimum Gasteiger partial charge on any atom is -0.313 e. The summed E-state index contributed by atoms with van der Waals surface area (Å²) in [6.45, 7) is 0.508. The maximum absolute atomic E-state index is 11.7. The largest absolute Gasteiger partial charge is 0.313 e. The lowest BCUT2D eigenvalue weighted by Gasteiger charge is -2.08. The molecule has 1 aromatic rings. The van der Waals surface area contributed by atoms with Gasteiger partial charge in [0.05, 0.1) is 5.75 Å². The SMILES string of the molecule is O=S(=O)(CCNC1CC1)Nc1cccc(Br)c1. The maximum Gasteiger partial charge on any atom is 0.233 e. The minimum absolute atomic E-state index is 0.107. The van der Waals surface area contributed by atoms with Crippen LogP contribution in [0.25, 0.3) is 0 Å². The van der Waals surface area contributed by atoms with E-state index in [1.807, 2.05) is 6.07 Å². The van der Waals surface area contributed by atoms with E-state index in [0.29, 0.717) is 18.3 Å². The van der Waals surface area contributed by atoms with E-state index in [1.54, 1.807) is 18.2 Å². The van der Waals surface area contributed by atoms with Crippen LogP contribution >= 0.6 is 15.9 Å². The first-order valence-corrected chi connectivity index (χ1v) is 7.99. The quantitative estimate of drug-likeness (QED) is 0.842. The lowest BCUT2D eigenvalue weighted by Crippen LogP contribution is -2.27. The second kappa shape index (κ2) is 5.37. The molecule has 2 N–H and O–H groups in total. The summed E-state index contributed by atoms with van der Waals surface area (Å²) in [6.07, 6.45) is 2.33. The Morgan fingerprint density at radius 1 is 1.35 bits per heavy atom. The average molecular weight is 319 g/mol. The first-order chi connectivity index (χ1) is 8.05. The average Bonchev–Trinajstić information content (AvgIpc) is 3.00. The normalized spacial score (nSPS) is 15.8. The highest BCUT2D eigenvalue weighted by atomic mass is 79.9. The first-order valence-electron chi connectivity index (χ1n) is 5.55. The Labute approximate surface area is 110 Å². The van der Waals surface area contributed by atoms with E-state index in [4.69, 9.17) is 0 Å². The molecule has 0 spiro atoms. The van der Waals surface area contributed by atoms with Gasteiger partial charge in [0.1, 0.15) is 0 Å². The van der Waals surface area contributed by atoms with Crippen LogP contribution in [0.4, 0.5) is 5.69 Å². The molecule has 0 saturated heterocycles. The predicted molar refractivity (Wildman–Crippen MR) is 72.6 cm³/mol. The minimum atomic E-state index is -3.25. The molecule has 1 aliphatic rings. The lowest BCUT2D eigenvalue weighted by atomic mass is 10.3. The van der Waals surface area contributed by atoms with Crippen LogP contribution in [0.15, 0.2) is 28.7 Å². The van der Waals surface area contributed by atoms with Gasteiger partial charge in [0.2, 0.25) is 10.0 Å². The van der Waals surface area contributed by atoms with Gasteiger partial charge in [-0.05, 0) is 31.0 Å². The van der Waals surface area contributed by atoms with E-state index < -0.39 is 10.0 Å². The number of benzene rings is 1. The Balaban J connectivity index is 1.86. The third kappa shape index (κ3) is 4.65. The van der Waals surface area contributed by atoms with Crippen LogP contribution in [0, 0.1) is 0 Å². The molecule has 1 fully saturated rings. The van der Waals surface area contributed by atoms with Crippen LogP contribution in [0.5, 0.6) is 0 Å². The van der Waals surface area contributed by atoms with Gasteiger partial charge in [-0.25, -0.2) is 8.42 Å². The summed E-state index contributed by atoms with van der Waals surface area (Å²) < 4.78 is 26.9. The van der Waals surface area contributed by atoms with E-state index in [1.165, 1.54) is 12.8 Å². The van der Waals surface area contributed by atoms with Crippen LogP contribution in [-0.2, 0) is 10.0 Å². The van der Waals surface area contributed by atoms with E-state index in [2.05, 4.69) is 26.0 Å². The van der Waals surface area contributed by atoms with Crippen LogP contribution in [0.2, 0.25) is 0 Å². The molecule has 0 heterocycles. The fraction of sp³-hybridized carbons (Fsp3) is 0.455. The summed E-state index contributed by atoms with van der Waals surface area (Å²) in [7, 11) is -3.25. The van der Waals surface area contributed by atoms with Crippen molar-refractivity contribution in [1.82, 2.24) is 5.32 Å². The summed E-state index contributed by atoms with van der Waals surface area (Å²) in [5.74, 6) is 0.107. The van der Waals surface area contributed by atoms with Gasteiger partial charge < -0.3 is 5.32 Å². The van der Waals surface area contributed by atoms with Crippen molar-refractivity contribution in [3.8, 4) is 0 Å². The molecule has 2 rings (SSSR count). The Bertz CT molecular complexity index is 486. The van der Waals surface area contributed by atoms with Gasteiger partial charge in [-0.3, -0.25) is 4.72 Å². The molecule has 0 unspecified atom stereocenters. The van der Waals surface area contributed by atoms with Crippen LogP contribution < -0.4 is 10.0 Å². The van der Waals surface area contributed by atoms with Gasteiger partial charge in [-0.1, -0.05) is 22.0 Å². The summed E-state index contributed by atoms with van der Waals surface area (Å²) in [6, 6.07) is 7.66. The van der Waals surface area contributed by atoms with E-state index in [9.17, 15) is 8.42 Å². The fourth-order valence-corrected chi connectivity index (χ4v) is 2.84. The smallest absolute Gasteiger partial charge is 0.233 e. The second-order valence-electron chi connectivity index (χ2n) is 4.16. The number of anilines is 1. The Morgan fingerprint density at radius 2 is 2.12 bits per heavy atom. The summed E-state index contributed by atoms with van der Waals surface area (Å²) in [5.41, 5.74) is 0.589. The molecule has 6 heteroatoms. The molecule has 1 aromatic carbocycles. The molecular formula is C11H15BrN2O2S. The van der Waals surface area contributed by atoms with Gasteiger partial charge in [0, 0.05) is 22.7 Å². The number of rotatable bonds is 6. The Kier molecular flexibility index (Phi) is 4.06. The molecule has 0 aromatic heterocycles. The molecular weight excluding hydrogens is 304 g/mol. The fourth-order valence-electron chi connectivity index (χ4n) is 1.47. The number of nitrogens with one attached hydrogen (secondary N) is 2. The molecule has 17 heavy (non-hydrogen) atoms. The summed E-state index contributed by atoms with van der Waals surface area (Å²) >= 11 is 3.30. The number of halogens is 1. The third-order valence-electron chi connectivity index (χ3n) is 2.48. The van der Waals surface area contributed by atoms with Crippen molar-refractivity contribution in [2.24, 2.45) is 0 Å². The highest BCUT2D eigenvalue weighted by Gasteiger charge is 2.21. The summed E-state index contributed by atoms with van der Waals surface area (Å²) in [5, 5.41) is 3.18. The van der Waals surface area contributed by atoms with Crippen LogP contribution in [0.3, 0.4) is 0 Å². The standard InChI is InChI=1S/C11H15BrN2O2S/c12-9-2-1-3-11(8-9)14-17(15,16)7-6-13-10-4-5-10/h1-3,8,10,13-14H,4-7H2. The second-order valence-corrected chi connectivity index (χ2v) is 6.92. The first kappa shape index (κ1) is 12.9. The molecule has 0 bridgehead atoms. The van der Waals surface area contributed by atoms with Crippen molar-refractivity contribution in [2.45, 2.75) is 18.9 Å². The van der Waals surface area contributed by atoms with Gasteiger partial charge in [-0.15, -0.1) is 0 Å². The number of hydrogen-bond acceptors (Lipinski definition) is 3. The molecule has 0 amide bonds. The molecule has 94 valence electrons. The van der Waals surface area contributed by atoms with Crippen molar-refractivity contribution in [2.75, 3.05) is 17.0 Å². The van der Waals surface area contributed by atoms with Gasteiger partial charge in [0.15, 0.2) is 0 Å². The van der Waals surface area contributed by atoms with Gasteiger partial charge in [-0.2, -0.15) is 0 Å². The topological polar surface area (TPSA) is 58.2 Å². The Morgan fingerprint density at radius 3 is 2.76 bits per heavy atom. The summed E-state index contributed by atoms with van der Waals surface area (Å²) in [4.78, 5) is 0. The molecule has 4 nitrogen and oxygen atoms in total. The van der Waals surface area contributed by atoms with E-state index >= 15 is 0 Å². The highest BCUT2D eigenvalue weighted by molar-refractivity contribution is 9.10. The van der Waals surface area contributed by atoms with Crippen molar-refractivity contribution in [3.63, 3.8) is 0 Å². The zero-order valence-electron chi connectivity index (χ0n) is 9.32. The Hall–Kier alpha value is -0.590. The maximum atomic E-state index is 11.7. The van der Waals surface area contributed by atoms with Crippen molar-refractivity contribution in [1.29, 1.82) is 0 Å². The zero-order chi connectivity index (χ0) is 12.3. The molecule has 0 atom stereocenters. The van der Waals surface area contributed by atoms with Gasteiger partial charge in [0.25, 0.3) is 0 Å². The number of hydrogen-bond donors (Lipinski definition) is 2. The zero-order valence-corrected chi connectivity index (χ0v) is 11.7.